The summed E-state index contributed by atoms with van der Waals surface area (Å²) in [4.78, 5) is 25.0. The molecule has 1 aliphatic rings. The van der Waals surface area contributed by atoms with Crippen LogP contribution >= 0.6 is 0 Å². The molecule has 2 aromatic carbocycles. The van der Waals surface area contributed by atoms with Crippen LogP contribution < -0.4 is 14.8 Å². The monoisotopic (exact) mass is 448 g/mol. The molecule has 1 fully saturated rings. The van der Waals surface area contributed by atoms with Crippen molar-refractivity contribution in [3.63, 3.8) is 0 Å². The highest BCUT2D eigenvalue weighted by Gasteiger charge is 2.27. The summed E-state index contributed by atoms with van der Waals surface area (Å²) in [5, 5.41) is 2.65. The molecule has 1 amide bonds. The number of amides is 1. The zero-order valence-corrected chi connectivity index (χ0v) is 18.3. The van der Waals surface area contributed by atoms with Crippen LogP contribution in [0.25, 0.3) is 0 Å². The number of benzene rings is 2. The molecule has 9 nitrogen and oxygen atoms in total. The van der Waals surface area contributed by atoms with Gasteiger partial charge in [0.05, 0.1) is 37.5 Å². The largest absolute Gasteiger partial charge is 0.493 e. The molecule has 0 spiro atoms. The first kappa shape index (κ1) is 22.6. The molecule has 1 aliphatic heterocycles. The minimum atomic E-state index is -3.57. The normalized spacial score (nSPS) is 14.2. The number of methoxy groups -OCH3 is 3. The molecule has 2 aromatic rings. The molecule has 0 unspecified atom stereocenters. The van der Waals surface area contributed by atoms with Crippen molar-refractivity contribution in [2.45, 2.75) is 17.7 Å². The minimum absolute atomic E-state index is 0.0849. The lowest BCUT2D eigenvalue weighted by molar-refractivity contribution is 0.0601. The average Bonchev–Trinajstić information content (AvgIpc) is 3.34. The van der Waals surface area contributed by atoms with Crippen molar-refractivity contribution >= 4 is 27.6 Å². The van der Waals surface area contributed by atoms with Gasteiger partial charge in [-0.25, -0.2) is 13.2 Å². The summed E-state index contributed by atoms with van der Waals surface area (Å²) in [6.07, 6.45) is 1.68. The SMILES string of the molecule is COC(=O)c1cc(OC)c(OC)cc1NC(=O)c1ccc(S(=O)(=O)N2CCCC2)cc1. The molecular formula is C21H24N2O7S. The molecule has 0 bridgehead atoms. The number of hydrogen-bond acceptors (Lipinski definition) is 7. The van der Waals surface area contributed by atoms with Crippen LogP contribution in [0.3, 0.4) is 0 Å². The zero-order valence-electron chi connectivity index (χ0n) is 17.5. The topological polar surface area (TPSA) is 111 Å². The number of anilines is 1. The molecule has 1 heterocycles. The molecule has 1 saturated heterocycles. The molecule has 1 N–H and O–H groups in total. The predicted molar refractivity (Wildman–Crippen MR) is 113 cm³/mol. The smallest absolute Gasteiger partial charge is 0.340 e. The Bertz CT molecular complexity index is 1080. The van der Waals surface area contributed by atoms with Gasteiger partial charge in [-0.3, -0.25) is 4.79 Å². The zero-order chi connectivity index (χ0) is 22.6. The van der Waals surface area contributed by atoms with Crippen molar-refractivity contribution in [2.24, 2.45) is 0 Å². The third-order valence-electron chi connectivity index (χ3n) is 5.00. The van der Waals surface area contributed by atoms with Crippen LogP contribution in [0.5, 0.6) is 11.5 Å². The number of rotatable bonds is 7. The number of carbonyl (C=O) groups excluding carboxylic acids is 2. The van der Waals surface area contributed by atoms with Crippen LogP contribution in [0.15, 0.2) is 41.3 Å². The lowest BCUT2D eigenvalue weighted by Crippen LogP contribution is -2.27. The third-order valence-corrected chi connectivity index (χ3v) is 6.91. The highest BCUT2D eigenvalue weighted by Crippen LogP contribution is 2.34. The van der Waals surface area contributed by atoms with Gasteiger partial charge in [-0.05, 0) is 37.1 Å². The van der Waals surface area contributed by atoms with Gasteiger partial charge >= 0.3 is 5.97 Å². The van der Waals surface area contributed by atoms with E-state index in [0.29, 0.717) is 24.6 Å². The fourth-order valence-electron chi connectivity index (χ4n) is 3.31. The van der Waals surface area contributed by atoms with E-state index in [1.54, 1.807) is 0 Å². The van der Waals surface area contributed by atoms with Crippen molar-refractivity contribution in [2.75, 3.05) is 39.7 Å². The molecular weight excluding hydrogens is 424 g/mol. The number of nitrogens with one attached hydrogen (secondary N) is 1. The van der Waals surface area contributed by atoms with E-state index in [1.165, 1.54) is 62.0 Å². The van der Waals surface area contributed by atoms with E-state index in [-0.39, 0.29) is 21.7 Å². The summed E-state index contributed by atoms with van der Waals surface area (Å²) < 4.78 is 41.9. The summed E-state index contributed by atoms with van der Waals surface area (Å²) in [5.41, 5.74) is 0.482. The van der Waals surface area contributed by atoms with Crippen molar-refractivity contribution in [3.8, 4) is 11.5 Å². The Kier molecular flexibility index (Phi) is 6.81. The maximum absolute atomic E-state index is 12.8. The molecule has 0 atom stereocenters. The van der Waals surface area contributed by atoms with E-state index >= 15 is 0 Å². The van der Waals surface area contributed by atoms with Crippen molar-refractivity contribution in [3.05, 3.63) is 47.5 Å². The van der Waals surface area contributed by atoms with Gasteiger partial charge in [0.25, 0.3) is 5.91 Å². The second kappa shape index (κ2) is 9.36. The Morgan fingerprint density at radius 1 is 0.935 bits per heavy atom. The molecule has 0 aromatic heterocycles. The number of esters is 1. The quantitative estimate of drug-likeness (QED) is 0.648. The predicted octanol–water partition coefficient (Wildman–Crippen LogP) is 2.53. The first-order chi connectivity index (χ1) is 14.8. The Balaban J connectivity index is 1.86. The van der Waals surface area contributed by atoms with Gasteiger partial charge in [0.2, 0.25) is 10.0 Å². The van der Waals surface area contributed by atoms with Crippen LogP contribution in [0, 0.1) is 0 Å². The fourth-order valence-corrected chi connectivity index (χ4v) is 4.83. The highest BCUT2D eigenvalue weighted by atomic mass is 32.2. The number of sulfonamides is 1. The van der Waals surface area contributed by atoms with Gasteiger partial charge in [0.15, 0.2) is 11.5 Å². The Labute approximate surface area is 181 Å². The number of hydrogen-bond donors (Lipinski definition) is 1. The standard InChI is InChI=1S/C21H24N2O7S/c1-28-18-12-16(21(25)30-3)17(13-19(18)29-2)22-20(24)14-6-8-15(9-7-14)31(26,27)23-10-4-5-11-23/h6-9,12-13H,4-5,10-11H2,1-3H3,(H,22,24). The Hall–Kier alpha value is -3.11. The molecule has 0 saturated carbocycles. The minimum Gasteiger partial charge on any atom is -0.493 e. The fraction of sp³-hybridized carbons (Fsp3) is 0.333. The number of nitrogens with zero attached hydrogens (tertiary/aromatic N) is 1. The van der Waals surface area contributed by atoms with Crippen molar-refractivity contribution in [1.82, 2.24) is 4.31 Å². The van der Waals surface area contributed by atoms with E-state index in [0.717, 1.165) is 12.8 Å². The average molecular weight is 448 g/mol. The van der Waals surface area contributed by atoms with E-state index in [2.05, 4.69) is 5.32 Å². The first-order valence-electron chi connectivity index (χ1n) is 9.57. The summed E-state index contributed by atoms with van der Waals surface area (Å²) in [6, 6.07) is 8.52. The summed E-state index contributed by atoms with van der Waals surface area (Å²) in [7, 11) is 0.515. The van der Waals surface area contributed by atoms with Crippen LogP contribution in [0.4, 0.5) is 5.69 Å². The van der Waals surface area contributed by atoms with Crippen molar-refractivity contribution < 1.29 is 32.2 Å². The third kappa shape index (κ3) is 4.64. The Morgan fingerprint density at radius 3 is 2.06 bits per heavy atom. The highest BCUT2D eigenvalue weighted by molar-refractivity contribution is 7.89. The lowest BCUT2D eigenvalue weighted by atomic mass is 10.1. The van der Waals surface area contributed by atoms with E-state index < -0.39 is 21.9 Å². The van der Waals surface area contributed by atoms with Crippen LogP contribution in [-0.2, 0) is 14.8 Å². The van der Waals surface area contributed by atoms with Gasteiger partial charge in [-0.15, -0.1) is 0 Å². The molecule has 0 radical (unpaired) electrons. The first-order valence-corrected chi connectivity index (χ1v) is 11.0. The van der Waals surface area contributed by atoms with E-state index in [4.69, 9.17) is 14.2 Å². The van der Waals surface area contributed by atoms with Gasteiger partial charge < -0.3 is 19.5 Å². The lowest BCUT2D eigenvalue weighted by Gasteiger charge is -2.16. The second-order valence-electron chi connectivity index (χ2n) is 6.83. The maximum Gasteiger partial charge on any atom is 0.340 e. The van der Waals surface area contributed by atoms with E-state index in [1.807, 2.05) is 0 Å². The molecule has 31 heavy (non-hydrogen) atoms. The second-order valence-corrected chi connectivity index (χ2v) is 8.77. The summed E-state index contributed by atoms with van der Waals surface area (Å²) in [5.74, 6) is -0.569. The number of ether oxygens (including phenoxy) is 3. The van der Waals surface area contributed by atoms with E-state index in [9.17, 15) is 18.0 Å². The molecule has 3 rings (SSSR count). The van der Waals surface area contributed by atoms with Gasteiger partial charge in [0, 0.05) is 30.8 Å². The van der Waals surface area contributed by atoms with Crippen LogP contribution in [-0.4, -0.2) is 59.0 Å². The van der Waals surface area contributed by atoms with Gasteiger partial charge in [0.1, 0.15) is 0 Å². The molecule has 10 heteroatoms. The Morgan fingerprint density at radius 2 is 1.52 bits per heavy atom. The molecule has 166 valence electrons. The van der Waals surface area contributed by atoms with Crippen LogP contribution in [0.2, 0.25) is 0 Å². The van der Waals surface area contributed by atoms with Crippen molar-refractivity contribution in [1.29, 1.82) is 0 Å². The number of carbonyl (C=O) groups is 2. The maximum atomic E-state index is 12.8. The summed E-state index contributed by atoms with van der Waals surface area (Å²) >= 11 is 0. The molecule has 0 aliphatic carbocycles. The summed E-state index contributed by atoms with van der Waals surface area (Å²) in [6.45, 7) is 1.00. The van der Waals surface area contributed by atoms with Gasteiger partial charge in [-0.1, -0.05) is 0 Å². The van der Waals surface area contributed by atoms with Gasteiger partial charge in [-0.2, -0.15) is 4.31 Å². The van der Waals surface area contributed by atoms with Crippen LogP contribution in [0.1, 0.15) is 33.6 Å².